The lowest BCUT2D eigenvalue weighted by Gasteiger charge is -2.10. The molecule has 0 saturated heterocycles. The van der Waals surface area contributed by atoms with Gasteiger partial charge in [-0.2, -0.15) is 5.10 Å². The molecule has 2 aromatic carbocycles. The summed E-state index contributed by atoms with van der Waals surface area (Å²) in [7, 11) is 1.62. The average molecular weight is 378 g/mol. The van der Waals surface area contributed by atoms with Gasteiger partial charge in [0.2, 0.25) is 0 Å². The van der Waals surface area contributed by atoms with Crippen molar-refractivity contribution in [3.63, 3.8) is 0 Å². The first-order chi connectivity index (χ1) is 12.6. The van der Waals surface area contributed by atoms with Gasteiger partial charge in [0.15, 0.2) is 0 Å². The van der Waals surface area contributed by atoms with Crippen molar-refractivity contribution in [2.45, 2.75) is 6.42 Å². The molecule has 0 saturated carbocycles. The molecule has 0 aliphatic heterocycles. The van der Waals surface area contributed by atoms with E-state index in [1.54, 1.807) is 25.3 Å². The maximum absolute atomic E-state index is 10.7. The second kappa shape index (κ2) is 10.1. The molecule has 7 nitrogen and oxygen atoms in total. The summed E-state index contributed by atoms with van der Waals surface area (Å²) in [6, 6.07) is 11.7. The molecule has 2 aromatic rings. The molecule has 2 amide bonds. The minimum atomic E-state index is -0.749. The van der Waals surface area contributed by atoms with E-state index < -0.39 is 6.03 Å². The van der Waals surface area contributed by atoms with Crippen molar-refractivity contribution >= 4 is 23.8 Å². The van der Waals surface area contributed by atoms with E-state index in [9.17, 15) is 4.79 Å². The van der Waals surface area contributed by atoms with Crippen molar-refractivity contribution < 1.29 is 19.0 Å². The summed E-state index contributed by atoms with van der Waals surface area (Å²) in [5.41, 5.74) is 7.71. The Morgan fingerprint density at radius 1 is 1.15 bits per heavy atom. The number of methoxy groups -OCH3 is 1. The van der Waals surface area contributed by atoms with Crippen LogP contribution in [-0.2, 0) is 0 Å². The number of benzene rings is 2. The second-order valence-corrected chi connectivity index (χ2v) is 5.58. The topological polar surface area (TPSA) is 95.2 Å². The molecule has 0 aliphatic carbocycles. The fourth-order valence-corrected chi connectivity index (χ4v) is 2.20. The maximum atomic E-state index is 10.7. The van der Waals surface area contributed by atoms with Crippen LogP contribution in [0.15, 0.2) is 47.6 Å². The molecule has 8 heteroatoms. The molecule has 0 unspecified atom stereocenters. The van der Waals surface area contributed by atoms with E-state index in [0.29, 0.717) is 36.0 Å². The van der Waals surface area contributed by atoms with Crippen molar-refractivity contribution in [1.29, 1.82) is 0 Å². The molecule has 26 heavy (non-hydrogen) atoms. The predicted octanol–water partition coefficient (Wildman–Crippen LogP) is 3.20. The van der Waals surface area contributed by atoms with Gasteiger partial charge in [-0.3, -0.25) is 0 Å². The van der Waals surface area contributed by atoms with Crippen LogP contribution in [0.3, 0.4) is 0 Å². The fraction of sp³-hybridized carbons (Fsp3) is 0.222. The van der Waals surface area contributed by atoms with Crippen LogP contribution in [0.5, 0.6) is 17.2 Å². The maximum Gasteiger partial charge on any atom is 0.332 e. The summed E-state index contributed by atoms with van der Waals surface area (Å²) < 4.78 is 16.5. The van der Waals surface area contributed by atoms with Gasteiger partial charge in [-0.05, 0) is 42.5 Å². The molecule has 0 heterocycles. The van der Waals surface area contributed by atoms with Gasteiger partial charge < -0.3 is 19.9 Å². The first-order valence-corrected chi connectivity index (χ1v) is 8.24. The molecule has 3 N–H and O–H groups in total. The highest BCUT2D eigenvalue weighted by molar-refractivity contribution is 6.30. The standard InChI is InChI=1S/C18H20ClN3O4/c1-24-15-4-6-16(7-5-15)25-9-2-10-26-17-8-3-14(19)11-13(17)12-21-22-18(20)23/h3-8,11-12H,2,9-10H2,1H3,(H3,20,22,23)/b21-12-. The molecule has 0 bridgehead atoms. The molecule has 0 aliphatic rings. The number of hydrazone groups is 1. The zero-order chi connectivity index (χ0) is 18.8. The average Bonchev–Trinajstić information content (AvgIpc) is 2.63. The largest absolute Gasteiger partial charge is 0.497 e. The summed E-state index contributed by atoms with van der Waals surface area (Å²) in [5.74, 6) is 2.14. The number of hydrogen-bond donors (Lipinski definition) is 2. The normalized spacial score (nSPS) is 10.5. The Bertz CT molecular complexity index is 751. The summed E-state index contributed by atoms with van der Waals surface area (Å²) in [6.07, 6.45) is 2.10. The van der Waals surface area contributed by atoms with Gasteiger partial charge in [-0.1, -0.05) is 11.6 Å². The van der Waals surface area contributed by atoms with E-state index in [1.165, 1.54) is 6.21 Å². The molecule has 0 aromatic heterocycles. The summed E-state index contributed by atoms with van der Waals surface area (Å²) in [4.78, 5) is 10.7. The van der Waals surface area contributed by atoms with Gasteiger partial charge in [0, 0.05) is 17.0 Å². The van der Waals surface area contributed by atoms with Gasteiger partial charge in [0.25, 0.3) is 0 Å². The quantitative estimate of drug-likeness (QED) is 0.398. The second-order valence-electron chi connectivity index (χ2n) is 5.14. The van der Waals surface area contributed by atoms with Crippen LogP contribution in [0.25, 0.3) is 0 Å². The van der Waals surface area contributed by atoms with Crippen molar-refractivity contribution in [1.82, 2.24) is 5.43 Å². The molecular weight excluding hydrogens is 358 g/mol. The first-order valence-electron chi connectivity index (χ1n) is 7.86. The van der Waals surface area contributed by atoms with Crippen LogP contribution in [0, 0.1) is 0 Å². The minimum absolute atomic E-state index is 0.446. The van der Waals surface area contributed by atoms with Crippen LogP contribution in [0.2, 0.25) is 5.02 Å². The number of hydrogen-bond acceptors (Lipinski definition) is 5. The Morgan fingerprint density at radius 2 is 1.85 bits per heavy atom. The number of ether oxygens (including phenoxy) is 3. The minimum Gasteiger partial charge on any atom is -0.497 e. The monoisotopic (exact) mass is 377 g/mol. The van der Waals surface area contributed by atoms with Crippen molar-refractivity contribution in [2.75, 3.05) is 20.3 Å². The number of urea groups is 1. The van der Waals surface area contributed by atoms with Crippen LogP contribution in [0.1, 0.15) is 12.0 Å². The third kappa shape index (κ3) is 6.52. The van der Waals surface area contributed by atoms with Crippen molar-refractivity contribution in [3.8, 4) is 17.2 Å². The lowest BCUT2D eigenvalue weighted by atomic mass is 10.2. The molecule has 2 rings (SSSR count). The number of nitrogens with one attached hydrogen (secondary N) is 1. The molecule has 138 valence electrons. The SMILES string of the molecule is COc1ccc(OCCCOc2ccc(Cl)cc2/C=N\NC(N)=O)cc1. The fourth-order valence-electron chi connectivity index (χ4n) is 2.02. The van der Waals surface area contributed by atoms with Crippen molar-refractivity contribution in [3.05, 3.63) is 53.1 Å². The molecular formula is C18H20ClN3O4. The van der Waals surface area contributed by atoms with E-state index >= 15 is 0 Å². The third-order valence-corrected chi connectivity index (χ3v) is 3.46. The highest BCUT2D eigenvalue weighted by Gasteiger charge is 2.04. The van der Waals surface area contributed by atoms with E-state index in [-0.39, 0.29) is 0 Å². The predicted molar refractivity (Wildman–Crippen MR) is 100 cm³/mol. The molecule has 0 spiro atoms. The number of halogens is 1. The zero-order valence-corrected chi connectivity index (χ0v) is 15.0. The van der Waals surface area contributed by atoms with Crippen LogP contribution < -0.4 is 25.4 Å². The third-order valence-electron chi connectivity index (χ3n) is 3.22. The highest BCUT2D eigenvalue weighted by Crippen LogP contribution is 2.22. The Morgan fingerprint density at radius 3 is 2.54 bits per heavy atom. The zero-order valence-electron chi connectivity index (χ0n) is 14.3. The van der Waals surface area contributed by atoms with Gasteiger partial charge in [0.05, 0.1) is 26.5 Å². The highest BCUT2D eigenvalue weighted by atomic mass is 35.5. The van der Waals surface area contributed by atoms with Gasteiger partial charge in [-0.25, -0.2) is 10.2 Å². The van der Waals surface area contributed by atoms with Crippen LogP contribution in [0.4, 0.5) is 4.79 Å². The molecule has 0 atom stereocenters. The number of carbonyl (C=O) groups excluding carboxylic acids is 1. The molecule has 0 radical (unpaired) electrons. The number of nitrogens with two attached hydrogens (primary N) is 1. The summed E-state index contributed by atoms with van der Waals surface area (Å²) >= 11 is 5.97. The number of amides is 2. The molecule has 0 fully saturated rings. The Balaban J connectivity index is 1.81. The van der Waals surface area contributed by atoms with E-state index in [4.69, 9.17) is 31.5 Å². The number of nitrogens with zero attached hydrogens (tertiary/aromatic N) is 1. The Hall–Kier alpha value is -2.93. The summed E-state index contributed by atoms with van der Waals surface area (Å²) in [5, 5.41) is 4.25. The van der Waals surface area contributed by atoms with E-state index in [1.807, 2.05) is 24.3 Å². The lowest BCUT2D eigenvalue weighted by molar-refractivity contribution is 0.247. The van der Waals surface area contributed by atoms with Gasteiger partial charge >= 0.3 is 6.03 Å². The Labute approximate surface area is 156 Å². The van der Waals surface area contributed by atoms with Crippen molar-refractivity contribution in [2.24, 2.45) is 10.8 Å². The summed E-state index contributed by atoms with van der Waals surface area (Å²) in [6.45, 7) is 0.953. The van der Waals surface area contributed by atoms with E-state index in [2.05, 4.69) is 10.5 Å². The number of rotatable bonds is 9. The number of carbonyl (C=O) groups is 1. The van der Waals surface area contributed by atoms with Crippen LogP contribution >= 0.6 is 11.6 Å². The first kappa shape index (κ1) is 19.4. The number of primary amides is 1. The van der Waals surface area contributed by atoms with Gasteiger partial charge in [0.1, 0.15) is 17.2 Å². The van der Waals surface area contributed by atoms with Gasteiger partial charge in [-0.15, -0.1) is 0 Å². The van der Waals surface area contributed by atoms with Crippen LogP contribution in [-0.4, -0.2) is 32.6 Å². The Kier molecular flexibility index (Phi) is 7.57. The van der Waals surface area contributed by atoms with E-state index in [0.717, 1.165) is 11.5 Å². The smallest absolute Gasteiger partial charge is 0.332 e. The lowest BCUT2D eigenvalue weighted by Crippen LogP contribution is -2.24.